The van der Waals surface area contributed by atoms with Gasteiger partial charge in [-0.15, -0.1) is 0 Å². The van der Waals surface area contributed by atoms with Gasteiger partial charge in [0.05, 0.1) is 19.8 Å². The van der Waals surface area contributed by atoms with Crippen LogP contribution >= 0.6 is 0 Å². The first-order chi connectivity index (χ1) is 13.0. The minimum atomic E-state index is -1.06. The lowest BCUT2D eigenvalue weighted by Gasteiger charge is -2.13. The Morgan fingerprint density at radius 3 is 2.33 bits per heavy atom. The highest BCUT2D eigenvalue weighted by Gasteiger charge is 2.16. The summed E-state index contributed by atoms with van der Waals surface area (Å²) in [6, 6.07) is 6.44. The monoisotopic (exact) mass is 375 g/mol. The molecule has 7 heteroatoms. The van der Waals surface area contributed by atoms with Gasteiger partial charge in [-0.3, -0.25) is 4.79 Å². The molecular formula is C20H25NO6. The van der Waals surface area contributed by atoms with E-state index in [0.29, 0.717) is 41.8 Å². The van der Waals surface area contributed by atoms with Gasteiger partial charge in [-0.05, 0) is 44.0 Å². The van der Waals surface area contributed by atoms with E-state index in [0.717, 1.165) is 12.8 Å². The molecule has 2 N–H and O–H groups in total. The molecule has 0 radical (unpaired) electrons. The van der Waals surface area contributed by atoms with Crippen molar-refractivity contribution >= 4 is 11.9 Å². The lowest BCUT2D eigenvalue weighted by molar-refractivity contribution is 0.0694. The third kappa shape index (κ3) is 5.51. The Hall–Kier alpha value is -2.96. The number of aromatic carboxylic acids is 1. The maximum absolute atomic E-state index is 12.4. The fourth-order valence-electron chi connectivity index (χ4n) is 2.42. The van der Waals surface area contributed by atoms with Crippen molar-refractivity contribution in [3.8, 4) is 11.5 Å². The van der Waals surface area contributed by atoms with Crippen molar-refractivity contribution < 1.29 is 28.6 Å². The van der Waals surface area contributed by atoms with Gasteiger partial charge in [0.15, 0.2) is 11.5 Å². The van der Waals surface area contributed by atoms with E-state index < -0.39 is 5.97 Å². The Kier molecular flexibility index (Phi) is 7.28. The summed E-state index contributed by atoms with van der Waals surface area (Å²) in [5.41, 5.74) is 0.513. The number of carbonyl (C=O) groups is 2. The van der Waals surface area contributed by atoms with Crippen LogP contribution in [0.3, 0.4) is 0 Å². The second kappa shape index (κ2) is 9.66. The van der Waals surface area contributed by atoms with Crippen LogP contribution in [-0.4, -0.2) is 30.2 Å². The van der Waals surface area contributed by atoms with Crippen molar-refractivity contribution in [3.63, 3.8) is 0 Å². The van der Waals surface area contributed by atoms with Crippen LogP contribution in [0.1, 0.15) is 58.9 Å². The molecule has 0 aliphatic heterocycles. The van der Waals surface area contributed by atoms with Gasteiger partial charge in [-0.25, -0.2) is 4.79 Å². The number of hydrogen-bond acceptors (Lipinski definition) is 5. The Bertz CT molecular complexity index is 796. The van der Waals surface area contributed by atoms with Crippen LogP contribution in [0.25, 0.3) is 0 Å². The molecule has 0 bridgehead atoms. The first-order valence-electron chi connectivity index (χ1n) is 8.96. The van der Waals surface area contributed by atoms with E-state index in [2.05, 4.69) is 5.32 Å². The van der Waals surface area contributed by atoms with E-state index in [-0.39, 0.29) is 18.0 Å². The Morgan fingerprint density at radius 2 is 1.74 bits per heavy atom. The van der Waals surface area contributed by atoms with Crippen molar-refractivity contribution in [2.24, 2.45) is 0 Å². The van der Waals surface area contributed by atoms with Crippen LogP contribution in [0, 0.1) is 6.92 Å². The van der Waals surface area contributed by atoms with E-state index in [1.165, 1.54) is 6.07 Å². The van der Waals surface area contributed by atoms with E-state index in [1.807, 2.05) is 13.8 Å². The van der Waals surface area contributed by atoms with Crippen molar-refractivity contribution in [3.05, 3.63) is 46.9 Å². The van der Waals surface area contributed by atoms with Gasteiger partial charge in [0.2, 0.25) is 0 Å². The summed E-state index contributed by atoms with van der Waals surface area (Å²) in [6.45, 7) is 6.77. The van der Waals surface area contributed by atoms with Crippen LogP contribution < -0.4 is 14.8 Å². The summed E-state index contributed by atoms with van der Waals surface area (Å²) in [5.74, 6) is 0.441. The average Bonchev–Trinajstić information content (AvgIpc) is 3.04. The number of furan rings is 1. The number of rotatable bonds is 10. The molecule has 1 aromatic carbocycles. The van der Waals surface area contributed by atoms with Crippen LogP contribution in [0.2, 0.25) is 0 Å². The first kappa shape index (κ1) is 20.4. The van der Waals surface area contributed by atoms with Crippen LogP contribution in [0.15, 0.2) is 28.7 Å². The van der Waals surface area contributed by atoms with Gasteiger partial charge in [0, 0.05) is 5.56 Å². The summed E-state index contributed by atoms with van der Waals surface area (Å²) in [4.78, 5) is 23.5. The number of benzene rings is 1. The predicted octanol–water partition coefficient (Wildman–Crippen LogP) is 3.79. The van der Waals surface area contributed by atoms with Gasteiger partial charge in [0.25, 0.3) is 5.91 Å². The Labute approximate surface area is 158 Å². The van der Waals surface area contributed by atoms with Crippen LogP contribution in [0.5, 0.6) is 11.5 Å². The minimum Gasteiger partial charge on any atom is -0.490 e. The van der Waals surface area contributed by atoms with Crippen molar-refractivity contribution in [1.29, 1.82) is 0 Å². The Morgan fingerprint density at radius 1 is 1.07 bits per heavy atom. The lowest BCUT2D eigenvalue weighted by Crippen LogP contribution is -2.22. The number of aryl methyl sites for hydroxylation is 1. The smallest absolute Gasteiger partial charge is 0.339 e. The molecule has 1 amide bonds. The highest BCUT2D eigenvalue weighted by molar-refractivity contribution is 5.95. The largest absolute Gasteiger partial charge is 0.490 e. The molecule has 0 unspecified atom stereocenters. The molecular weight excluding hydrogens is 350 g/mol. The summed E-state index contributed by atoms with van der Waals surface area (Å²) in [6.07, 6.45) is 1.71. The topological polar surface area (TPSA) is 98.0 Å². The zero-order valence-electron chi connectivity index (χ0n) is 15.8. The highest BCUT2D eigenvalue weighted by Crippen LogP contribution is 2.29. The standard InChI is InChI=1S/C20H25NO6/c1-4-8-25-17-7-6-14(10-18(17)26-9-5-2)19(22)21-12-15-11-16(20(23)24)13(3)27-15/h6-7,10-11H,4-5,8-9,12H2,1-3H3,(H,21,22)(H,23,24). The van der Waals surface area contributed by atoms with Crippen molar-refractivity contribution in [2.75, 3.05) is 13.2 Å². The molecule has 7 nitrogen and oxygen atoms in total. The summed E-state index contributed by atoms with van der Waals surface area (Å²) in [5, 5.41) is 11.8. The van der Waals surface area contributed by atoms with E-state index >= 15 is 0 Å². The quantitative estimate of drug-likeness (QED) is 0.655. The third-order valence-corrected chi connectivity index (χ3v) is 3.75. The fourth-order valence-corrected chi connectivity index (χ4v) is 2.42. The molecule has 0 aliphatic carbocycles. The molecule has 146 valence electrons. The molecule has 0 aliphatic rings. The zero-order chi connectivity index (χ0) is 19.8. The van der Waals surface area contributed by atoms with Crippen LogP contribution in [-0.2, 0) is 6.54 Å². The number of ether oxygens (including phenoxy) is 2. The summed E-state index contributed by atoms with van der Waals surface area (Å²) in [7, 11) is 0. The average molecular weight is 375 g/mol. The summed E-state index contributed by atoms with van der Waals surface area (Å²) < 4.78 is 16.7. The molecule has 27 heavy (non-hydrogen) atoms. The predicted molar refractivity (Wildman–Crippen MR) is 99.6 cm³/mol. The maximum atomic E-state index is 12.4. The van der Waals surface area contributed by atoms with Gasteiger partial charge >= 0.3 is 5.97 Å². The number of amides is 1. The van der Waals surface area contributed by atoms with E-state index in [4.69, 9.17) is 19.0 Å². The molecule has 0 fully saturated rings. The molecule has 1 aromatic heterocycles. The van der Waals surface area contributed by atoms with Gasteiger partial charge in [0.1, 0.15) is 17.1 Å². The molecule has 0 atom stereocenters. The third-order valence-electron chi connectivity index (χ3n) is 3.75. The number of hydrogen-bond donors (Lipinski definition) is 2. The Balaban J connectivity index is 2.08. The second-order valence-corrected chi connectivity index (χ2v) is 6.03. The molecule has 1 heterocycles. The van der Waals surface area contributed by atoms with Gasteiger partial charge < -0.3 is 24.3 Å². The molecule has 0 saturated carbocycles. The van der Waals surface area contributed by atoms with E-state index in [1.54, 1.807) is 25.1 Å². The van der Waals surface area contributed by atoms with Crippen LogP contribution in [0.4, 0.5) is 0 Å². The zero-order valence-corrected chi connectivity index (χ0v) is 15.8. The molecule has 0 saturated heterocycles. The lowest BCUT2D eigenvalue weighted by atomic mass is 10.2. The highest BCUT2D eigenvalue weighted by atomic mass is 16.5. The van der Waals surface area contributed by atoms with Gasteiger partial charge in [-0.2, -0.15) is 0 Å². The molecule has 2 rings (SSSR count). The molecule has 0 spiro atoms. The van der Waals surface area contributed by atoms with E-state index in [9.17, 15) is 9.59 Å². The number of carboxylic acid groups (broad SMARTS) is 1. The minimum absolute atomic E-state index is 0.0895. The maximum Gasteiger partial charge on any atom is 0.339 e. The normalized spacial score (nSPS) is 10.5. The number of nitrogens with one attached hydrogen (secondary N) is 1. The first-order valence-corrected chi connectivity index (χ1v) is 8.96. The number of carboxylic acids is 1. The second-order valence-electron chi connectivity index (χ2n) is 6.03. The van der Waals surface area contributed by atoms with Crippen molar-refractivity contribution in [2.45, 2.75) is 40.2 Å². The fraction of sp³-hybridized carbons (Fsp3) is 0.400. The SMILES string of the molecule is CCCOc1ccc(C(=O)NCc2cc(C(=O)O)c(C)o2)cc1OCCC. The van der Waals surface area contributed by atoms with Crippen molar-refractivity contribution in [1.82, 2.24) is 5.32 Å². The molecule has 2 aromatic rings. The van der Waals surface area contributed by atoms with Gasteiger partial charge in [-0.1, -0.05) is 13.8 Å². The summed E-state index contributed by atoms with van der Waals surface area (Å²) >= 11 is 0. The number of carbonyl (C=O) groups excluding carboxylic acids is 1.